The number of hydrogen-bond donors (Lipinski definition) is 4. The summed E-state index contributed by atoms with van der Waals surface area (Å²) in [4.78, 5) is 48.9. The molecule has 2 saturated heterocycles. The molecule has 2 aromatic carbocycles. The van der Waals surface area contributed by atoms with Crippen molar-refractivity contribution in [3.63, 3.8) is 0 Å². The number of rotatable bonds is 10. The predicted octanol–water partition coefficient (Wildman–Crippen LogP) is 6.56. The molecule has 4 N–H and O–H groups in total. The maximum absolute atomic E-state index is 13.0. The fourth-order valence-electron chi connectivity index (χ4n) is 10.00. The van der Waals surface area contributed by atoms with Gasteiger partial charge < -0.3 is 30.4 Å². The lowest BCUT2D eigenvalue weighted by molar-refractivity contribution is -0.125. The molecule has 2 unspecified atom stereocenters. The van der Waals surface area contributed by atoms with Crippen molar-refractivity contribution in [3.8, 4) is 0 Å². The van der Waals surface area contributed by atoms with Crippen molar-refractivity contribution < 1.29 is 9.59 Å². The van der Waals surface area contributed by atoms with Gasteiger partial charge in [0.15, 0.2) is 0 Å². The Morgan fingerprint density at radius 2 is 1.19 bits per heavy atom. The minimum absolute atomic E-state index is 0.0100. The van der Waals surface area contributed by atoms with Crippen molar-refractivity contribution in [2.75, 3.05) is 52.4 Å². The van der Waals surface area contributed by atoms with Gasteiger partial charge in [-0.15, -0.1) is 0 Å². The first-order chi connectivity index (χ1) is 33.0. The number of aromatic nitrogens is 6. The number of piperazine rings is 2. The Morgan fingerprint density at radius 3 is 1.68 bits per heavy atom. The Kier molecular flexibility index (Phi) is 15.7. The van der Waals surface area contributed by atoms with Gasteiger partial charge in [-0.25, -0.2) is 9.97 Å². The number of halogens is 4. The van der Waals surface area contributed by atoms with Gasteiger partial charge in [0.25, 0.3) is 0 Å². The highest BCUT2D eigenvalue weighted by atomic mass is 79.9. The van der Waals surface area contributed by atoms with Crippen LogP contribution in [0.25, 0.3) is 0 Å². The van der Waals surface area contributed by atoms with E-state index in [1.165, 1.54) is 33.4 Å². The van der Waals surface area contributed by atoms with Crippen LogP contribution in [-0.2, 0) is 48.4 Å². The van der Waals surface area contributed by atoms with E-state index >= 15 is 0 Å². The molecule has 14 nitrogen and oxygen atoms in total. The molecular formula is C50H56Br2Cl2N12O2. The smallest absolute Gasteiger partial charge is 0.238 e. The summed E-state index contributed by atoms with van der Waals surface area (Å²) in [6, 6.07) is 16.1. The van der Waals surface area contributed by atoms with E-state index < -0.39 is 0 Å². The average Bonchev–Trinajstić information content (AvgIpc) is 3.87. The van der Waals surface area contributed by atoms with Crippen molar-refractivity contribution >= 4 is 66.9 Å². The molecule has 0 bridgehead atoms. The predicted molar refractivity (Wildman–Crippen MR) is 272 cm³/mol. The Bertz CT molecular complexity index is 2660. The van der Waals surface area contributed by atoms with Crippen LogP contribution in [0.2, 0.25) is 10.0 Å². The third-order valence-electron chi connectivity index (χ3n) is 13.4. The highest BCUT2D eigenvalue weighted by Gasteiger charge is 2.37. The molecule has 2 aliphatic heterocycles. The van der Waals surface area contributed by atoms with E-state index in [1.807, 2.05) is 59.9 Å². The molecule has 6 heterocycles. The second-order valence-electron chi connectivity index (χ2n) is 18.0. The van der Waals surface area contributed by atoms with Crippen LogP contribution in [0.15, 0.2) is 94.9 Å². The monoisotopic (exact) mass is 1080 g/mol. The maximum Gasteiger partial charge on any atom is 0.238 e. The fourth-order valence-corrected chi connectivity index (χ4v) is 11.1. The quantitative estimate of drug-likeness (QED) is 0.119. The Morgan fingerprint density at radius 1 is 0.676 bits per heavy atom. The molecule has 10 rings (SSSR count). The van der Waals surface area contributed by atoms with Crippen LogP contribution >= 0.6 is 55.1 Å². The van der Waals surface area contributed by atoms with Gasteiger partial charge in [0, 0.05) is 115 Å². The number of aryl methyl sites for hydroxylation is 6. The molecule has 4 atom stereocenters. The minimum Gasteiger partial charge on any atom is -0.353 e. The number of fused-ring (bicyclic) bond motifs is 4. The van der Waals surface area contributed by atoms with Crippen LogP contribution in [0.1, 0.15) is 68.2 Å². The molecule has 2 fully saturated rings. The van der Waals surface area contributed by atoms with E-state index in [1.54, 1.807) is 12.7 Å². The van der Waals surface area contributed by atoms with Gasteiger partial charge in [0.2, 0.25) is 11.8 Å². The summed E-state index contributed by atoms with van der Waals surface area (Å²) in [6.07, 6.45) is 14.8. The van der Waals surface area contributed by atoms with E-state index in [0.717, 1.165) is 93.6 Å². The number of pyridine rings is 2. The summed E-state index contributed by atoms with van der Waals surface area (Å²) in [6.45, 7) is 10.9. The number of nitrogens with one attached hydrogen (secondary N) is 4. The molecule has 0 spiro atoms. The number of carbonyl (C=O) groups is 2. The molecule has 4 aliphatic rings. The zero-order chi connectivity index (χ0) is 47.3. The molecule has 18 heteroatoms. The van der Waals surface area contributed by atoms with E-state index in [-0.39, 0.29) is 36.0 Å². The van der Waals surface area contributed by atoms with Crippen LogP contribution in [0.5, 0.6) is 0 Å². The first-order valence-electron chi connectivity index (χ1n) is 23.3. The molecular weight excluding hydrogens is 1030 g/mol. The van der Waals surface area contributed by atoms with Crippen LogP contribution < -0.4 is 21.3 Å². The van der Waals surface area contributed by atoms with Crippen molar-refractivity contribution in [2.24, 2.45) is 0 Å². The van der Waals surface area contributed by atoms with E-state index in [9.17, 15) is 9.59 Å². The van der Waals surface area contributed by atoms with Gasteiger partial charge in [-0.05, 0) is 141 Å². The largest absolute Gasteiger partial charge is 0.353 e. The molecule has 4 aromatic heterocycles. The highest BCUT2D eigenvalue weighted by Crippen LogP contribution is 2.39. The zero-order valence-electron chi connectivity index (χ0n) is 38.2. The highest BCUT2D eigenvalue weighted by molar-refractivity contribution is 9.10. The van der Waals surface area contributed by atoms with Gasteiger partial charge in [0.05, 0.1) is 53.9 Å². The van der Waals surface area contributed by atoms with E-state index in [2.05, 4.69) is 109 Å². The second kappa shape index (κ2) is 22.1. The first kappa shape index (κ1) is 48.5. The molecule has 0 saturated carbocycles. The normalized spacial score (nSPS) is 20.3. The van der Waals surface area contributed by atoms with Crippen LogP contribution in [0.4, 0.5) is 0 Å². The van der Waals surface area contributed by atoms with Crippen molar-refractivity contribution in [1.82, 2.24) is 60.1 Å². The number of carbonyl (C=O) groups excluding carboxylic acids is 2. The molecule has 6 aromatic rings. The molecule has 2 aliphatic carbocycles. The maximum atomic E-state index is 13.0. The van der Waals surface area contributed by atoms with Gasteiger partial charge in [-0.3, -0.25) is 29.4 Å². The standard InChI is InChI=1S/2C25H28BrClN6O/c1-16-13-32(15-31-16)8-6-29-25(34)22-14-33(9-7-28-22)24-21-5-4-20(27)11-17(21)2-3-18-10-19(26)12-30-23(18)24;1-16-12-28-15-33(16)9-7-30-25(34)22-14-32(8-6-29-22)24-21-5-4-20(27)11-17(21)2-3-18-10-19(26)13-31-23(18)24/h4-5,10-13,15,22,24,28H,2-3,6-9,14H2,1H3,(H,29,34);4-5,10-13,15,22,24,29H,2-3,6-9,14H2,1H3,(H,30,34)/t2*22-,24?/m11/s1. The summed E-state index contributed by atoms with van der Waals surface area (Å²) in [5, 5.41) is 14.5. The van der Waals surface area contributed by atoms with Crippen LogP contribution in [-0.4, -0.2) is 115 Å². The number of imidazole rings is 2. The van der Waals surface area contributed by atoms with Gasteiger partial charge in [-0.1, -0.05) is 35.3 Å². The van der Waals surface area contributed by atoms with Crippen LogP contribution in [0, 0.1) is 13.8 Å². The number of hydrogen-bond acceptors (Lipinski definition) is 10. The summed E-state index contributed by atoms with van der Waals surface area (Å²) < 4.78 is 6.00. The molecule has 356 valence electrons. The summed E-state index contributed by atoms with van der Waals surface area (Å²) >= 11 is 19.9. The topological polar surface area (TPSA) is 150 Å². The average molecular weight is 1090 g/mol. The lowest BCUT2D eigenvalue weighted by Crippen LogP contribution is -2.58. The second-order valence-corrected chi connectivity index (χ2v) is 20.7. The lowest BCUT2D eigenvalue weighted by Gasteiger charge is -2.39. The Hall–Kier alpha value is -4.52. The third kappa shape index (κ3) is 11.4. The van der Waals surface area contributed by atoms with Crippen molar-refractivity contribution in [1.29, 1.82) is 0 Å². The Balaban J connectivity index is 0.000000170. The number of amides is 2. The zero-order valence-corrected chi connectivity index (χ0v) is 42.9. The summed E-state index contributed by atoms with van der Waals surface area (Å²) in [5.74, 6) is 0.0480. The van der Waals surface area contributed by atoms with E-state index in [0.29, 0.717) is 39.3 Å². The number of benzene rings is 2. The van der Waals surface area contributed by atoms with E-state index in [4.69, 9.17) is 33.2 Å². The van der Waals surface area contributed by atoms with Gasteiger partial charge in [-0.2, -0.15) is 0 Å². The molecule has 68 heavy (non-hydrogen) atoms. The third-order valence-corrected chi connectivity index (χ3v) is 14.7. The summed E-state index contributed by atoms with van der Waals surface area (Å²) in [5.41, 5.74) is 11.6. The van der Waals surface area contributed by atoms with Crippen LogP contribution in [0.3, 0.4) is 0 Å². The lowest BCUT2D eigenvalue weighted by atomic mass is 9.95. The number of nitrogens with zero attached hydrogens (tertiary/aromatic N) is 8. The summed E-state index contributed by atoms with van der Waals surface area (Å²) in [7, 11) is 0. The van der Waals surface area contributed by atoms with Crippen molar-refractivity contribution in [2.45, 2.75) is 76.8 Å². The minimum atomic E-state index is -0.282. The Labute approximate surface area is 424 Å². The molecule has 2 amide bonds. The fraction of sp³-hybridized carbons (Fsp3) is 0.400. The van der Waals surface area contributed by atoms with Crippen molar-refractivity contribution in [3.05, 3.63) is 161 Å². The van der Waals surface area contributed by atoms with Gasteiger partial charge in [0.1, 0.15) is 0 Å². The van der Waals surface area contributed by atoms with Gasteiger partial charge >= 0.3 is 0 Å². The molecule has 0 radical (unpaired) electrons. The SMILES string of the molecule is Cc1cn(CCNC(=O)[C@H]2CN(C3c4ccc(Cl)cc4CCc4cc(Br)cnc43)CCN2)cn1.Cc1cncn1CCNC(=O)[C@H]1CN(C2c3ccc(Cl)cc3CCc3cc(Br)cnc32)CCN1. The first-order valence-corrected chi connectivity index (χ1v) is 25.6.